The summed E-state index contributed by atoms with van der Waals surface area (Å²) in [6.45, 7) is 4.40. The third-order valence-corrected chi connectivity index (χ3v) is 4.17. The van der Waals surface area contributed by atoms with Crippen molar-refractivity contribution in [1.82, 2.24) is 0 Å². The van der Waals surface area contributed by atoms with Gasteiger partial charge in [-0.25, -0.2) is 0 Å². The first-order valence-corrected chi connectivity index (χ1v) is 7.91. The minimum atomic E-state index is -0.222. The molecule has 20 heavy (non-hydrogen) atoms. The maximum atomic E-state index is 10.6. The molecular weight excluding hydrogens is 244 g/mol. The van der Waals surface area contributed by atoms with Gasteiger partial charge in [-0.05, 0) is 41.5 Å². The molecule has 0 radical (unpaired) electrons. The monoisotopic (exact) mass is 270 g/mol. The number of aliphatic hydroxyl groups excluding tert-OH is 1. The highest BCUT2D eigenvalue weighted by Gasteiger charge is 2.18. The third kappa shape index (κ3) is 3.61. The zero-order valence-electron chi connectivity index (χ0n) is 12.7. The Kier molecular flexibility index (Phi) is 5.60. The molecule has 0 saturated carbocycles. The number of hydrogen-bond donors (Lipinski definition) is 1. The second-order valence-electron chi connectivity index (χ2n) is 5.75. The van der Waals surface area contributed by atoms with Crippen molar-refractivity contribution in [1.29, 1.82) is 0 Å². The van der Waals surface area contributed by atoms with Gasteiger partial charge >= 0.3 is 0 Å². The van der Waals surface area contributed by atoms with E-state index < -0.39 is 0 Å². The summed E-state index contributed by atoms with van der Waals surface area (Å²) in [5, 5.41) is 13.1. The van der Waals surface area contributed by atoms with E-state index in [0.29, 0.717) is 5.92 Å². The lowest BCUT2D eigenvalue weighted by molar-refractivity contribution is 0.0966. The van der Waals surface area contributed by atoms with Crippen molar-refractivity contribution in [3.8, 4) is 0 Å². The topological polar surface area (TPSA) is 20.2 Å². The second kappa shape index (κ2) is 7.44. The molecule has 0 aromatic heterocycles. The molecule has 0 heterocycles. The summed E-state index contributed by atoms with van der Waals surface area (Å²) >= 11 is 0. The lowest BCUT2D eigenvalue weighted by Gasteiger charge is -2.22. The van der Waals surface area contributed by atoms with Gasteiger partial charge in [0.1, 0.15) is 0 Å². The van der Waals surface area contributed by atoms with Crippen LogP contribution in [0.5, 0.6) is 0 Å². The number of hydrogen-bond acceptors (Lipinski definition) is 1. The minimum absolute atomic E-state index is 0.222. The molecule has 0 aliphatic heterocycles. The van der Waals surface area contributed by atoms with E-state index >= 15 is 0 Å². The quantitative estimate of drug-likeness (QED) is 0.754. The van der Waals surface area contributed by atoms with Crippen LogP contribution in [-0.2, 0) is 6.42 Å². The van der Waals surface area contributed by atoms with E-state index in [-0.39, 0.29) is 6.10 Å². The lowest BCUT2D eigenvalue weighted by atomic mass is 9.87. The highest BCUT2D eigenvalue weighted by molar-refractivity contribution is 5.85. The molecule has 0 fully saturated rings. The fourth-order valence-electron chi connectivity index (χ4n) is 3.13. The van der Waals surface area contributed by atoms with Gasteiger partial charge in [-0.2, -0.15) is 0 Å². The lowest BCUT2D eigenvalue weighted by Crippen LogP contribution is -2.23. The first-order valence-electron chi connectivity index (χ1n) is 7.91. The van der Waals surface area contributed by atoms with Gasteiger partial charge in [-0.15, -0.1) is 0 Å². The van der Waals surface area contributed by atoms with Gasteiger partial charge < -0.3 is 5.11 Å². The van der Waals surface area contributed by atoms with Gasteiger partial charge in [0.2, 0.25) is 0 Å². The van der Waals surface area contributed by atoms with Gasteiger partial charge in [-0.1, -0.05) is 69.2 Å². The molecule has 1 unspecified atom stereocenters. The van der Waals surface area contributed by atoms with Gasteiger partial charge in [0, 0.05) is 0 Å². The molecule has 0 spiro atoms. The molecule has 2 rings (SSSR count). The van der Waals surface area contributed by atoms with Crippen LogP contribution in [0, 0.1) is 5.92 Å². The molecule has 0 aliphatic rings. The molecule has 0 bridgehead atoms. The van der Waals surface area contributed by atoms with E-state index in [4.69, 9.17) is 0 Å². The Labute approximate surface area is 122 Å². The maximum absolute atomic E-state index is 10.6. The summed E-state index contributed by atoms with van der Waals surface area (Å²) in [5.41, 5.74) is 1.27. The van der Waals surface area contributed by atoms with E-state index in [1.165, 1.54) is 16.3 Å². The Morgan fingerprint density at radius 3 is 2.25 bits per heavy atom. The van der Waals surface area contributed by atoms with Crippen molar-refractivity contribution in [3.05, 3.63) is 48.0 Å². The Balaban J connectivity index is 2.18. The van der Waals surface area contributed by atoms with Crippen molar-refractivity contribution in [2.24, 2.45) is 5.92 Å². The SMILES string of the molecule is CCCC(CCC)C(O)Cc1cccc2ccccc12. The van der Waals surface area contributed by atoms with Crippen LogP contribution in [-0.4, -0.2) is 11.2 Å². The van der Waals surface area contributed by atoms with Gasteiger partial charge in [0.15, 0.2) is 0 Å². The van der Waals surface area contributed by atoms with Crippen LogP contribution in [0.3, 0.4) is 0 Å². The average Bonchev–Trinajstić information content (AvgIpc) is 2.47. The minimum Gasteiger partial charge on any atom is -0.392 e. The van der Waals surface area contributed by atoms with Crippen LogP contribution in [0.15, 0.2) is 42.5 Å². The summed E-state index contributed by atoms with van der Waals surface area (Å²) in [6.07, 6.45) is 5.10. The standard InChI is InChI=1S/C19H26O/c1-3-8-16(9-4-2)19(20)14-17-12-7-11-15-10-5-6-13-18(15)17/h5-7,10-13,16,19-20H,3-4,8-9,14H2,1-2H3. The molecule has 0 saturated heterocycles. The molecule has 1 heteroatoms. The highest BCUT2D eigenvalue weighted by atomic mass is 16.3. The molecule has 0 aliphatic carbocycles. The number of fused-ring (bicyclic) bond motifs is 1. The molecule has 1 nitrogen and oxygen atoms in total. The van der Waals surface area contributed by atoms with E-state index in [2.05, 4.69) is 56.3 Å². The summed E-state index contributed by atoms with van der Waals surface area (Å²) in [4.78, 5) is 0. The third-order valence-electron chi connectivity index (χ3n) is 4.17. The van der Waals surface area contributed by atoms with E-state index in [1.54, 1.807) is 0 Å². The molecule has 2 aromatic rings. The first kappa shape index (κ1) is 15.1. The fourth-order valence-corrected chi connectivity index (χ4v) is 3.13. The summed E-state index contributed by atoms with van der Waals surface area (Å²) in [6, 6.07) is 14.8. The van der Waals surface area contributed by atoms with E-state index in [9.17, 15) is 5.11 Å². The molecular formula is C19H26O. The number of aliphatic hydroxyl groups is 1. The number of benzene rings is 2. The smallest absolute Gasteiger partial charge is 0.0608 e. The first-order chi connectivity index (χ1) is 9.76. The molecule has 108 valence electrons. The Hall–Kier alpha value is -1.34. The van der Waals surface area contributed by atoms with Gasteiger partial charge in [0.05, 0.1) is 6.10 Å². The summed E-state index contributed by atoms with van der Waals surface area (Å²) in [5.74, 6) is 0.434. The fraction of sp³-hybridized carbons (Fsp3) is 0.474. The van der Waals surface area contributed by atoms with Gasteiger partial charge in [0.25, 0.3) is 0 Å². The zero-order chi connectivity index (χ0) is 14.4. The van der Waals surface area contributed by atoms with Crippen LogP contribution >= 0.6 is 0 Å². The normalized spacial score (nSPS) is 13.0. The van der Waals surface area contributed by atoms with Crippen LogP contribution in [0.1, 0.15) is 45.1 Å². The Morgan fingerprint density at radius 2 is 1.55 bits per heavy atom. The van der Waals surface area contributed by atoms with Gasteiger partial charge in [-0.3, -0.25) is 0 Å². The summed E-state index contributed by atoms with van der Waals surface area (Å²) < 4.78 is 0. The van der Waals surface area contributed by atoms with Crippen molar-refractivity contribution >= 4 is 10.8 Å². The highest BCUT2D eigenvalue weighted by Crippen LogP contribution is 2.25. The van der Waals surface area contributed by atoms with Crippen molar-refractivity contribution in [2.75, 3.05) is 0 Å². The predicted molar refractivity (Wildman–Crippen MR) is 87.0 cm³/mol. The Bertz CT molecular complexity index is 521. The molecule has 1 N–H and O–H groups in total. The van der Waals surface area contributed by atoms with Crippen LogP contribution in [0.25, 0.3) is 10.8 Å². The molecule has 0 amide bonds. The van der Waals surface area contributed by atoms with Crippen molar-refractivity contribution in [2.45, 2.75) is 52.1 Å². The van der Waals surface area contributed by atoms with Crippen LogP contribution in [0.4, 0.5) is 0 Å². The summed E-state index contributed by atoms with van der Waals surface area (Å²) in [7, 11) is 0. The van der Waals surface area contributed by atoms with Crippen LogP contribution in [0.2, 0.25) is 0 Å². The van der Waals surface area contributed by atoms with E-state index in [0.717, 1.165) is 32.1 Å². The number of rotatable bonds is 7. The zero-order valence-corrected chi connectivity index (χ0v) is 12.7. The van der Waals surface area contributed by atoms with E-state index in [1.807, 2.05) is 0 Å². The molecule has 2 aromatic carbocycles. The Morgan fingerprint density at radius 1 is 0.900 bits per heavy atom. The van der Waals surface area contributed by atoms with Crippen molar-refractivity contribution in [3.63, 3.8) is 0 Å². The predicted octanol–water partition coefficient (Wildman–Crippen LogP) is 4.96. The largest absolute Gasteiger partial charge is 0.392 e. The maximum Gasteiger partial charge on any atom is 0.0608 e. The second-order valence-corrected chi connectivity index (χ2v) is 5.75. The van der Waals surface area contributed by atoms with Crippen LogP contribution < -0.4 is 0 Å². The molecule has 1 atom stereocenters. The average molecular weight is 270 g/mol. The van der Waals surface area contributed by atoms with Crippen molar-refractivity contribution < 1.29 is 5.11 Å².